The zero-order chi connectivity index (χ0) is 12.3. The predicted molar refractivity (Wildman–Crippen MR) is 71.4 cm³/mol. The number of hydrogen-bond acceptors (Lipinski definition) is 3. The second kappa shape index (κ2) is 9.86. The minimum Gasteiger partial charge on any atom is -0.383 e. The van der Waals surface area contributed by atoms with Crippen LogP contribution < -0.4 is 5.32 Å². The number of ether oxygens (including phenoxy) is 2. The van der Waals surface area contributed by atoms with Crippen molar-refractivity contribution in [1.82, 2.24) is 5.32 Å². The van der Waals surface area contributed by atoms with Crippen LogP contribution in [0.1, 0.15) is 45.4 Å². The lowest BCUT2D eigenvalue weighted by Gasteiger charge is -2.16. The van der Waals surface area contributed by atoms with Crippen LogP contribution in [0.4, 0.5) is 0 Å². The van der Waals surface area contributed by atoms with Gasteiger partial charge in [0.2, 0.25) is 0 Å². The van der Waals surface area contributed by atoms with Gasteiger partial charge in [0.1, 0.15) is 0 Å². The minimum absolute atomic E-state index is 0.418. The molecular formula is C14H29NO2. The topological polar surface area (TPSA) is 30.5 Å². The van der Waals surface area contributed by atoms with E-state index in [1.54, 1.807) is 7.11 Å². The Balaban J connectivity index is 1.92. The van der Waals surface area contributed by atoms with Crippen molar-refractivity contribution in [1.29, 1.82) is 0 Å². The number of methoxy groups -OCH3 is 1. The molecule has 17 heavy (non-hydrogen) atoms. The Bertz CT molecular complexity index is 168. The molecule has 0 aromatic rings. The van der Waals surface area contributed by atoms with E-state index in [9.17, 15) is 0 Å². The highest BCUT2D eigenvalue weighted by molar-refractivity contribution is 4.64. The SMILES string of the molecule is COCC(C)NCCOCC1CCCCCC1. The Hall–Kier alpha value is -0.120. The third kappa shape index (κ3) is 7.74. The summed E-state index contributed by atoms with van der Waals surface area (Å²) in [6.07, 6.45) is 8.38. The Morgan fingerprint density at radius 3 is 2.53 bits per heavy atom. The van der Waals surface area contributed by atoms with Crippen LogP contribution in [0.5, 0.6) is 0 Å². The molecule has 0 heterocycles. The van der Waals surface area contributed by atoms with Gasteiger partial charge in [-0.15, -0.1) is 0 Å². The van der Waals surface area contributed by atoms with Gasteiger partial charge in [-0.1, -0.05) is 25.7 Å². The average molecular weight is 243 g/mol. The Morgan fingerprint density at radius 2 is 1.88 bits per heavy atom. The average Bonchev–Trinajstić information content (AvgIpc) is 2.57. The first-order valence-corrected chi connectivity index (χ1v) is 7.13. The van der Waals surface area contributed by atoms with Crippen molar-refractivity contribution in [3.05, 3.63) is 0 Å². The van der Waals surface area contributed by atoms with E-state index in [1.807, 2.05) is 0 Å². The normalized spacial score (nSPS) is 20.1. The lowest BCUT2D eigenvalue weighted by Crippen LogP contribution is -2.33. The second-order valence-corrected chi connectivity index (χ2v) is 5.24. The van der Waals surface area contributed by atoms with Crippen LogP contribution in [-0.4, -0.2) is 39.5 Å². The van der Waals surface area contributed by atoms with Crippen LogP contribution in [0.3, 0.4) is 0 Å². The van der Waals surface area contributed by atoms with Gasteiger partial charge in [-0.05, 0) is 25.7 Å². The Labute approximate surface area is 106 Å². The summed E-state index contributed by atoms with van der Waals surface area (Å²) in [6.45, 7) is 5.61. The van der Waals surface area contributed by atoms with Crippen molar-refractivity contribution in [2.45, 2.75) is 51.5 Å². The maximum atomic E-state index is 5.75. The molecule has 1 N–H and O–H groups in total. The monoisotopic (exact) mass is 243 g/mol. The Morgan fingerprint density at radius 1 is 1.18 bits per heavy atom. The summed E-state index contributed by atoms with van der Waals surface area (Å²) < 4.78 is 10.8. The first kappa shape index (κ1) is 14.9. The molecule has 0 radical (unpaired) electrons. The molecule has 0 aliphatic heterocycles. The van der Waals surface area contributed by atoms with Gasteiger partial charge in [0.15, 0.2) is 0 Å². The van der Waals surface area contributed by atoms with E-state index < -0.39 is 0 Å². The third-order valence-corrected chi connectivity index (χ3v) is 3.48. The van der Waals surface area contributed by atoms with Crippen molar-refractivity contribution in [2.75, 3.05) is 33.5 Å². The van der Waals surface area contributed by atoms with Crippen LogP contribution in [0, 0.1) is 5.92 Å². The second-order valence-electron chi connectivity index (χ2n) is 5.24. The molecule has 0 aromatic carbocycles. The largest absolute Gasteiger partial charge is 0.383 e. The van der Waals surface area contributed by atoms with Gasteiger partial charge < -0.3 is 14.8 Å². The molecule has 0 bridgehead atoms. The summed E-state index contributed by atoms with van der Waals surface area (Å²) in [4.78, 5) is 0. The van der Waals surface area contributed by atoms with E-state index in [0.29, 0.717) is 6.04 Å². The maximum Gasteiger partial charge on any atom is 0.0613 e. The zero-order valence-electron chi connectivity index (χ0n) is 11.5. The third-order valence-electron chi connectivity index (χ3n) is 3.48. The molecule has 0 amide bonds. The molecule has 3 heteroatoms. The van der Waals surface area contributed by atoms with Crippen LogP contribution in [-0.2, 0) is 9.47 Å². The lowest BCUT2D eigenvalue weighted by atomic mass is 10.0. The standard InChI is InChI=1S/C14H29NO2/c1-13(11-16-2)15-9-10-17-12-14-7-5-3-4-6-8-14/h13-15H,3-12H2,1-2H3. The summed E-state index contributed by atoms with van der Waals surface area (Å²) in [6, 6.07) is 0.418. The van der Waals surface area contributed by atoms with Crippen LogP contribution in [0.15, 0.2) is 0 Å². The van der Waals surface area contributed by atoms with Crippen molar-refractivity contribution < 1.29 is 9.47 Å². The fourth-order valence-electron chi connectivity index (χ4n) is 2.47. The molecular weight excluding hydrogens is 214 g/mol. The van der Waals surface area contributed by atoms with Gasteiger partial charge in [0, 0.05) is 26.3 Å². The van der Waals surface area contributed by atoms with Crippen molar-refractivity contribution in [3.8, 4) is 0 Å². The zero-order valence-corrected chi connectivity index (χ0v) is 11.5. The van der Waals surface area contributed by atoms with Crippen molar-refractivity contribution in [3.63, 3.8) is 0 Å². The maximum absolute atomic E-state index is 5.75. The quantitative estimate of drug-likeness (QED) is 0.525. The predicted octanol–water partition coefficient (Wildman–Crippen LogP) is 2.60. The summed E-state index contributed by atoms with van der Waals surface area (Å²) in [5.74, 6) is 0.814. The fourth-order valence-corrected chi connectivity index (χ4v) is 2.47. The molecule has 0 aromatic heterocycles. The first-order valence-electron chi connectivity index (χ1n) is 7.13. The van der Waals surface area contributed by atoms with Crippen molar-refractivity contribution in [2.24, 2.45) is 5.92 Å². The van der Waals surface area contributed by atoms with Gasteiger partial charge in [0.05, 0.1) is 13.2 Å². The summed E-state index contributed by atoms with van der Waals surface area (Å²) in [7, 11) is 1.74. The molecule has 102 valence electrons. The van der Waals surface area contributed by atoms with Gasteiger partial charge in [-0.2, -0.15) is 0 Å². The molecule has 0 spiro atoms. The van der Waals surface area contributed by atoms with E-state index in [1.165, 1.54) is 38.5 Å². The fraction of sp³-hybridized carbons (Fsp3) is 1.00. The van der Waals surface area contributed by atoms with E-state index in [-0.39, 0.29) is 0 Å². The van der Waals surface area contributed by atoms with E-state index >= 15 is 0 Å². The summed E-state index contributed by atoms with van der Waals surface area (Å²) in [5, 5.41) is 3.38. The molecule has 1 unspecified atom stereocenters. The molecule has 1 saturated carbocycles. The molecule has 1 rings (SSSR count). The summed E-state index contributed by atoms with van der Waals surface area (Å²) >= 11 is 0. The smallest absolute Gasteiger partial charge is 0.0613 e. The van der Waals surface area contributed by atoms with E-state index in [0.717, 1.165) is 32.3 Å². The minimum atomic E-state index is 0.418. The van der Waals surface area contributed by atoms with Gasteiger partial charge >= 0.3 is 0 Å². The highest BCUT2D eigenvalue weighted by Crippen LogP contribution is 2.22. The number of rotatable bonds is 8. The van der Waals surface area contributed by atoms with Gasteiger partial charge in [-0.3, -0.25) is 0 Å². The molecule has 1 fully saturated rings. The summed E-state index contributed by atoms with van der Waals surface area (Å²) in [5.41, 5.74) is 0. The number of nitrogens with one attached hydrogen (secondary N) is 1. The van der Waals surface area contributed by atoms with Crippen LogP contribution >= 0.6 is 0 Å². The van der Waals surface area contributed by atoms with Gasteiger partial charge in [0.25, 0.3) is 0 Å². The highest BCUT2D eigenvalue weighted by Gasteiger charge is 2.11. The van der Waals surface area contributed by atoms with Gasteiger partial charge in [-0.25, -0.2) is 0 Å². The molecule has 3 nitrogen and oxygen atoms in total. The van der Waals surface area contributed by atoms with E-state index in [4.69, 9.17) is 9.47 Å². The molecule has 0 saturated heterocycles. The Kier molecular flexibility index (Phi) is 8.67. The number of hydrogen-bond donors (Lipinski definition) is 1. The van der Waals surface area contributed by atoms with Crippen molar-refractivity contribution >= 4 is 0 Å². The van der Waals surface area contributed by atoms with E-state index in [2.05, 4.69) is 12.2 Å². The lowest BCUT2D eigenvalue weighted by molar-refractivity contribution is 0.0910. The molecule has 1 aliphatic carbocycles. The first-order chi connectivity index (χ1) is 8.33. The van der Waals surface area contributed by atoms with Crippen LogP contribution in [0.25, 0.3) is 0 Å². The molecule has 1 atom stereocenters. The van der Waals surface area contributed by atoms with Crippen LogP contribution in [0.2, 0.25) is 0 Å². The molecule has 1 aliphatic rings. The highest BCUT2D eigenvalue weighted by atomic mass is 16.5.